The molecule has 0 aliphatic carbocycles. The zero-order valence-electron chi connectivity index (χ0n) is 15.7. The van der Waals surface area contributed by atoms with Crippen molar-refractivity contribution in [1.82, 2.24) is 5.32 Å². The van der Waals surface area contributed by atoms with Gasteiger partial charge in [-0.3, -0.25) is 9.59 Å². The molecule has 0 fully saturated rings. The number of anilines is 1. The zero-order chi connectivity index (χ0) is 20.0. The van der Waals surface area contributed by atoms with Crippen LogP contribution in [0, 0.1) is 6.92 Å². The highest BCUT2D eigenvalue weighted by Gasteiger charge is 2.12. The molecular formula is C21H24N2O4. The Hall–Kier alpha value is -3.15. The highest BCUT2D eigenvalue weighted by Crippen LogP contribution is 2.16. The van der Waals surface area contributed by atoms with Gasteiger partial charge >= 0.3 is 5.97 Å². The van der Waals surface area contributed by atoms with Gasteiger partial charge in [0.15, 0.2) is 0 Å². The van der Waals surface area contributed by atoms with E-state index in [0.717, 1.165) is 11.1 Å². The number of aryl methyl sites for hydroxylation is 2. The van der Waals surface area contributed by atoms with Crippen LogP contribution < -0.4 is 10.6 Å². The first-order chi connectivity index (χ1) is 12.8. The second kappa shape index (κ2) is 8.98. The minimum Gasteiger partial charge on any atom is -0.478 e. The van der Waals surface area contributed by atoms with Crippen molar-refractivity contribution in [3.05, 3.63) is 64.7 Å². The van der Waals surface area contributed by atoms with Crippen LogP contribution in [0.15, 0.2) is 42.5 Å². The fourth-order valence-corrected chi connectivity index (χ4v) is 2.58. The molecule has 2 rings (SSSR count). The van der Waals surface area contributed by atoms with Crippen LogP contribution in [0.5, 0.6) is 0 Å². The van der Waals surface area contributed by atoms with Crippen LogP contribution in [0.4, 0.5) is 5.69 Å². The molecule has 2 aromatic carbocycles. The average molecular weight is 368 g/mol. The lowest BCUT2D eigenvalue weighted by atomic mass is 10.1. The van der Waals surface area contributed by atoms with Crippen LogP contribution in [-0.2, 0) is 11.2 Å². The predicted molar refractivity (Wildman–Crippen MR) is 104 cm³/mol. The van der Waals surface area contributed by atoms with Gasteiger partial charge in [0.25, 0.3) is 5.91 Å². The molecular weight excluding hydrogens is 344 g/mol. The van der Waals surface area contributed by atoms with E-state index in [9.17, 15) is 14.4 Å². The summed E-state index contributed by atoms with van der Waals surface area (Å²) in [6.07, 6.45) is 0.756. The molecule has 3 N–H and O–H groups in total. The molecule has 0 bridgehead atoms. The van der Waals surface area contributed by atoms with Crippen LogP contribution in [0.2, 0.25) is 0 Å². The number of rotatable bonds is 7. The first kappa shape index (κ1) is 20.2. The van der Waals surface area contributed by atoms with Crippen LogP contribution >= 0.6 is 0 Å². The molecule has 0 saturated heterocycles. The van der Waals surface area contributed by atoms with Gasteiger partial charge in [-0.2, -0.15) is 0 Å². The molecule has 2 amide bonds. The van der Waals surface area contributed by atoms with Crippen molar-refractivity contribution in [3.8, 4) is 0 Å². The smallest absolute Gasteiger partial charge is 0.335 e. The van der Waals surface area contributed by atoms with Crippen LogP contribution in [0.3, 0.4) is 0 Å². The molecule has 0 radical (unpaired) electrons. The number of carboxylic acids is 1. The number of amides is 2. The summed E-state index contributed by atoms with van der Waals surface area (Å²) in [6, 6.07) is 11.7. The van der Waals surface area contributed by atoms with Gasteiger partial charge in [-0.15, -0.1) is 0 Å². The number of benzene rings is 2. The quantitative estimate of drug-likeness (QED) is 0.698. The minimum atomic E-state index is -0.976. The molecule has 0 aliphatic heterocycles. The van der Waals surface area contributed by atoms with Gasteiger partial charge in [0.2, 0.25) is 5.91 Å². The number of hydrogen-bond acceptors (Lipinski definition) is 3. The Bertz CT molecular complexity index is 842. The summed E-state index contributed by atoms with van der Waals surface area (Å²) in [5.74, 6) is -1.32. The third-order valence-electron chi connectivity index (χ3n) is 4.03. The molecule has 27 heavy (non-hydrogen) atoms. The Morgan fingerprint density at radius 1 is 1.04 bits per heavy atom. The number of nitrogens with one attached hydrogen (secondary N) is 2. The summed E-state index contributed by atoms with van der Waals surface area (Å²) < 4.78 is 0. The zero-order valence-corrected chi connectivity index (χ0v) is 15.7. The summed E-state index contributed by atoms with van der Waals surface area (Å²) in [7, 11) is 0. The van der Waals surface area contributed by atoms with Crippen LogP contribution in [0.1, 0.15) is 52.1 Å². The van der Waals surface area contributed by atoms with Crippen molar-refractivity contribution in [2.45, 2.75) is 39.7 Å². The SMILES string of the molecule is Cc1ccc(NC(=O)CCc2ccc(C(=O)O)cc2)cc1C(=O)NC(C)C. The first-order valence-corrected chi connectivity index (χ1v) is 8.80. The summed E-state index contributed by atoms with van der Waals surface area (Å²) >= 11 is 0. The van der Waals surface area contributed by atoms with Crippen molar-refractivity contribution >= 4 is 23.5 Å². The molecule has 6 heteroatoms. The lowest BCUT2D eigenvalue weighted by Gasteiger charge is -2.12. The van der Waals surface area contributed by atoms with Crippen molar-refractivity contribution in [3.63, 3.8) is 0 Å². The Balaban J connectivity index is 1.97. The Morgan fingerprint density at radius 2 is 1.70 bits per heavy atom. The molecule has 0 unspecified atom stereocenters. The van der Waals surface area contributed by atoms with Gasteiger partial charge in [-0.05, 0) is 62.6 Å². The normalized spacial score (nSPS) is 10.5. The molecule has 2 aromatic rings. The molecule has 0 spiro atoms. The standard InChI is InChI=1S/C21H24N2O4/c1-13(2)22-20(25)18-12-17(10-4-14(18)3)23-19(24)11-7-15-5-8-16(9-6-15)21(26)27/h4-6,8-10,12-13H,7,11H2,1-3H3,(H,22,25)(H,23,24)(H,26,27). The van der Waals surface area contributed by atoms with Crippen molar-refractivity contribution in [2.24, 2.45) is 0 Å². The first-order valence-electron chi connectivity index (χ1n) is 8.80. The van der Waals surface area contributed by atoms with E-state index in [2.05, 4.69) is 10.6 Å². The van der Waals surface area contributed by atoms with E-state index >= 15 is 0 Å². The van der Waals surface area contributed by atoms with E-state index < -0.39 is 5.97 Å². The topological polar surface area (TPSA) is 95.5 Å². The van der Waals surface area contributed by atoms with E-state index in [1.54, 1.807) is 30.3 Å². The van der Waals surface area contributed by atoms with Gasteiger partial charge in [-0.25, -0.2) is 4.79 Å². The number of aromatic carboxylic acids is 1. The van der Waals surface area contributed by atoms with Crippen LogP contribution in [-0.4, -0.2) is 28.9 Å². The van der Waals surface area contributed by atoms with Gasteiger partial charge in [0.1, 0.15) is 0 Å². The molecule has 0 aromatic heterocycles. The number of carbonyl (C=O) groups excluding carboxylic acids is 2. The average Bonchev–Trinajstić information content (AvgIpc) is 2.61. The number of carbonyl (C=O) groups is 3. The molecule has 0 aliphatic rings. The molecule has 6 nitrogen and oxygen atoms in total. The van der Waals surface area contributed by atoms with Gasteiger partial charge in [-0.1, -0.05) is 18.2 Å². The van der Waals surface area contributed by atoms with Crippen molar-refractivity contribution in [2.75, 3.05) is 5.32 Å². The maximum atomic E-state index is 12.2. The monoisotopic (exact) mass is 368 g/mol. The number of hydrogen-bond donors (Lipinski definition) is 3. The van der Waals surface area contributed by atoms with E-state index in [4.69, 9.17) is 5.11 Å². The Kier molecular flexibility index (Phi) is 6.71. The molecule has 0 atom stereocenters. The molecule has 0 heterocycles. The third kappa shape index (κ3) is 5.95. The lowest BCUT2D eigenvalue weighted by Crippen LogP contribution is -2.30. The second-order valence-electron chi connectivity index (χ2n) is 6.71. The minimum absolute atomic E-state index is 0.0302. The Morgan fingerprint density at radius 3 is 2.30 bits per heavy atom. The summed E-state index contributed by atoms with van der Waals surface area (Å²) in [4.78, 5) is 35.3. The van der Waals surface area contributed by atoms with E-state index in [-0.39, 0.29) is 29.8 Å². The molecule has 0 saturated carbocycles. The van der Waals surface area contributed by atoms with Crippen molar-refractivity contribution in [1.29, 1.82) is 0 Å². The lowest BCUT2D eigenvalue weighted by molar-refractivity contribution is -0.116. The number of carboxylic acid groups (broad SMARTS) is 1. The van der Waals surface area contributed by atoms with E-state index in [1.165, 1.54) is 12.1 Å². The second-order valence-corrected chi connectivity index (χ2v) is 6.71. The van der Waals surface area contributed by atoms with Gasteiger partial charge < -0.3 is 15.7 Å². The fraction of sp³-hybridized carbons (Fsp3) is 0.286. The highest BCUT2D eigenvalue weighted by atomic mass is 16.4. The predicted octanol–water partition coefficient (Wildman–Crippen LogP) is 3.40. The summed E-state index contributed by atoms with van der Waals surface area (Å²) in [5.41, 5.74) is 3.04. The summed E-state index contributed by atoms with van der Waals surface area (Å²) in [6.45, 7) is 5.63. The van der Waals surface area contributed by atoms with Gasteiger partial charge in [0, 0.05) is 23.7 Å². The van der Waals surface area contributed by atoms with Crippen LogP contribution in [0.25, 0.3) is 0 Å². The third-order valence-corrected chi connectivity index (χ3v) is 4.03. The maximum absolute atomic E-state index is 12.2. The highest BCUT2D eigenvalue weighted by molar-refractivity contribution is 5.98. The summed E-state index contributed by atoms with van der Waals surface area (Å²) in [5, 5.41) is 14.5. The van der Waals surface area contributed by atoms with E-state index in [1.807, 2.05) is 20.8 Å². The maximum Gasteiger partial charge on any atom is 0.335 e. The van der Waals surface area contributed by atoms with E-state index in [0.29, 0.717) is 17.7 Å². The van der Waals surface area contributed by atoms with Crippen molar-refractivity contribution < 1.29 is 19.5 Å². The Labute approximate surface area is 158 Å². The largest absolute Gasteiger partial charge is 0.478 e. The van der Waals surface area contributed by atoms with Gasteiger partial charge in [0.05, 0.1) is 5.56 Å². The molecule has 142 valence electrons. The fourth-order valence-electron chi connectivity index (χ4n) is 2.58.